The first-order valence-corrected chi connectivity index (χ1v) is 8.86. The summed E-state index contributed by atoms with van der Waals surface area (Å²) in [6.07, 6.45) is 0. The summed E-state index contributed by atoms with van der Waals surface area (Å²) < 4.78 is 1.98. The second-order valence-corrected chi connectivity index (χ2v) is 6.99. The molecule has 0 spiro atoms. The maximum Gasteiger partial charge on any atom is 0.261 e. The molecule has 2 heterocycles. The van der Waals surface area contributed by atoms with Crippen molar-refractivity contribution in [2.75, 3.05) is 13.6 Å². The van der Waals surface area contributed by atoms with Crippen molar-refractivity contribution in [1.29, 1.82) is 0 Å². The van der Waals surface area contributed by atoms with E-state index >= 15 is 0 Å². The van der Waals surface area contributed by atoms with E-state index in [0.29, 0.717) is 13.1 Å². The Labute approximate surface area is 145 Å². The summed E-state index contributed by atoms with van der Waals surface area (Å²) in [7, 11) is 1.89. The van der Waals surface area contributed by atoms with Crippen LogP contribution in [0.25, 0.3) is 10.2 Å². The summed E-state index contributed by atoms with van der Waals surface area (Å²) in [5.74, 6) is -0.0241. The van der Waals surface area contributed by atoms with Gasteiger partial charge in [-0.1, -0.05) is 30.3 Å². The SMILES string of the molecule is CNC(C)CNC(=O)c1cc2c(C)nn(Cc3ccccc3)c2s1. The number of hydrogen-bond donors (Lipinski definition) is 2. The van der Waals surface area contributed by atoms with Gasteiger partial charge in [0.15, 0.2) is 0 Å². The smallest absolute Gasteiger partial charge is 0.261 e. The lowest BCUT2D eigenvalue weighted by Gasteiger charge is -2.10. The first kappa shape index (κ1) is 16.7. The van der Waals surface area contributed by atoms with Gasteiger partial charge in [-0.2, -0.15) is 5.10 Å². The molecule has 1 amide bonds. The molecule has 2 aromatic heterocycles. The number of aryl methyl sites for hydroxylation is 1. The van der Waals surface area contributed by atoms with Gasteiger partial charge in [0.05, 0.1) is 17.1 Å². The Morgan fingerprint density at radius 2 is 2.08 bits per heavy atom. The number of fused-ring (bicyclic) bond motifs is 1. The number of thiophene rings is 1. The number of benzene rings is 1. The Morgan fingerprint density at radius 3 is 2.79 bits per heavy atom. The van der Waals surface area contributed by atoms with E-state index in [2.05, 4.69) is 27.9 Å². The highest BCUT2D eigenvalue weighted by Crippen LogP contribution is 2.28. The molecule has 0 saturated heterocycles. The van der Waals surface area contributed by atoms with E-state index in [-0.39, 0.29) is 11.9 Å². The second-order valence-electron chi connectivity index (χ2n) is 5.96. The van der Waals surface area contributed by atoms with Gasteiger partial charge in [0, 0.05) is 18.0 Å². The number of amides is 1. The zero-order chi connectivity index (χ0) is 17.1. The van der Waals surface area contributed by atoms with Crippen LogP contribution in [0.3, 0.4) is 0 Å². The Bertz CT molecular complexity index is 837. The Morgan fingerprint density at radius 1 is 1.33 bits per heavy atom. The quantitative estimate of drug-likeness (QED) is 0.724. The molecule has 126 valence electrons. The maximum absolute atomic E-state index is 12.4. The van der Waals surface area contributed by atoms with Gasteiger partial charge in [-0.25, -0.2) is 0 Å². The average Bonchev–Trinajstić information content (AvgIpc) is 3.15. The summed E-state index contributed by atoms with van der Waals surface area (Å²) in [6, 6.07) is 12.4. The Kier molecular flexibility index (Phi) is 4.97. The molecule has 1 atom stereocenters. The molecule has 0 aliphatic carbocycles. The third-order valence-corrected chi connectivity index (χ3v) is 5.22. The fourth-order valence-electron chi connectivity index (χ4n) is 2.52. The fourth-order valence-corrected chi connectivity index (χ4v) is 3.60. The molecule has 6 heteroatoms. The van der Waals surface area contributed by atoms with Gasteiger partial charge in [0.2, 0.25) is 0 Å². The summed E-state index contributed by atoms with van der Waals surface area (Å²) in [6.45, 7) is 5.34. The van der Waals surface area contributed by atoms with Crippen LogP contribution in [0, 0.1) is 6.92 Å². The highest BCUT2D eigenvalue weighted by atomic mass is 32.1. The van der Waals surface area contributed by atoms with Crippen LogP contribution in [0.4, 0.5) is 0 Å². The number of rotatable bonds is 6. The lowest BCUT2D eigenvalue weighted by atomic mass is 10.2. The van der Waals surface area contributed by atoms with Crippen molar-refractivity contribution in [3.63, 3.8) is 0 Å². The van der Waals surface area contributed by atoms with Gasteiger partial charge in [-0.15, -0.1) is 11.3 Å². The van der Waals surface area contributed by atoms with Gasteiger partial charge in [-0.3, -0.25) is 9.48 Å². The first-order valence-electron chi connectivity index (χ1n) is 8.05. The van der Waals surface area contributed by atoms with E-state index in [4.69, 9.17) is 0 Å². The number of nitrogens with zero attached hydrogens (tertiary/aromatic N) is 2. The molecule has 0 aliphatic heterocycles. The van der Waals surface area contributed by atoms with Crippen molar-refractivity contribution < 1.29 is 4.79 Å². The van der Waals surface area contributed by atoms with Crippen LogP contribution >= 0.6 is 11.3 Å². The summed E-state index contributed by atoms with van der Waals surface area (Å²) in [5, 5.41) is 11.8. The lowest BCUT2D eigenvalue weighted by molar-refractivity contribution is 0.0954. The van der Waals surface area contributed by atoms with Gasteiger partial charge >= 0.3 is 0 Å². The first-order chi connectivity index (χ1) is 11.6. The van der Waals surface area contributed by atoms with Crippen molar-refractivity contribution in [3.05, 3.63) is 52.5 Å². The largest absolute Gasteiger partial charge is 0.350 e. The molecule has 5 nitrogen and oxygen atoms in total. The molecule has 0 radical (unpaired) electrons. The summed E-state index contributed by atoms with van der Waals surface area (Å²) >= 11 is 1.50. The van der Waals surface area contributed by atoms with Crippen LogP contribution < -0.4 is 10.6 Å². The molecule has 3 rings (SSSR count). The summed E-state index contributed by atoms with van der Waals surface area (Å²) in [5.41, 5.74) is 2.16. The number of carbonyl (C=O) groups is 1. The van der Waals surface area contributed by atoms with Crippen molar-refractivity contribution in [2.45, 2.75) is 26.4 Å². The topological polar surface area (TPSA) is 58.9 Å². The molecule has 0 bridgehead atoms. The minimum absolute atomic E-state index is 0.0241. The number of carbonyl (C=O) groups excluding carboxylic acids is 1. The predicted molar refractivity (Wildman–Crippen MR) is 98.7 cm³/mol. The van der Waals surface area contributed by atoms with Gasteiger partial charge in [-0.05, 0) is 32.5 Å². The van der Waals surface area contributed by atoms with Crippen LogP contribution in [0.2, 0.25) is 0 Å². The normalized spacial score (nSPS) is 12.5. The highest BCUT2D eigenvalue weighted by Gasteiger charge is 2.16. The molecule has 24 heavy (non-hydrogen) atoms. The van der Waals surface area contributed by atoms with Crippen LogP contribution in [-0.2, 0) is 6.54 Å². The van der Waals surface area contributed by atoms with Crippen molar-refractivity contribution in [3.8, 4) is 0 Å². The second kappa shape index (κ2) is 7.15. The molecule has 2 N–H and O–H groups in total. The molecule has 0 aliphatic rings. The summed E-state index contributed by atoms with van der Waals surface area (Å²) in [4.78, 5) is 14.1. The monoisotopic (exact) mass is 342 g/mol. The predicted octanol–water partition coefficient (Wildman–Crippen LogP) is 2.79. The van der Waals surface area contributed by atoms with Gasteiger partial charge < -0.3 is 10.6 Å². The van der Waals surface area contributed by atoms with E-state index in [0.717, 1.165) is 20.8 Å². The highest BCUT2D eigenvalue weighted by molar-refractivity contribution is 7.20. The molecule has 1 aromatic carbocycles. The van der Waals surface area contributed by atoms with E-state index in [9.17, 15) is 4.79 Å². The van der Waals surface area contributed by atoms with Crippen molar-refractivity contribution in [1.82, 2.24) is 20.4 Å². The third kappa shape index (κ3) is 3.49. The van der Waals surface area contributed by atoms with E-state index in [1.54, 1.807) is 0 Å². The fraction of sp³-hybridized carbons (Fsp3) is 0.333. The minimum atomic E-state index is -0.0241. The van der Waals surface area contributed by atoms with Gasteiger partial charge in [0.25, 0.3) is 5.91 Å². The molecular weight excluding hydrogens is 320 g/mol. The molecule has 1 unspecified atom stereocenters. The lowest BCUT2D eigenvalue weighted by Crippen LogP contribution is -2.36. The van der Waals surface area contributed by atoms with Crippen LogP contribution in [-0.4, -0.2) is 35.3 Å². The maximum atomic E-state index is 12.4. The van der Waals surface area contributed by atoms with Gasteiger partial charge in [0.1, 0.15) is 4.83 Å². The molecule has 3 aromatic rings. The number of aromatic nitrogens is 2. The zero-order valence-corrected chi connectivity index (χ0v) is 15.0. The molecular formula is C18H22N4OS. The average molecular weight is 342 g/mol. The van der Waals surface area contributed by atoms with Crippen LogP contribution in [0.1, 0.15) is 27.9 Å². The Hall–Kier alpha value is -2.18. The van der Waals surface area contributed by atoms with Crippen molar-refractivity contribution in [2.24, 2.45) is 0 Å². The van der Waals surface area contributed by atoms with E-state index in [1.807, 2.05) is 49.8 Å². The molecule has 0 saturated carbocycles. The van der Waals surface area contributed by atoms with Crippen LogP contribution in [0.15, 0.2) is 36.4 Å². The van der Waals surface area contributed by atoms with E-state index in [1.165, 1.54) is 16.9 Å². The number of nitrogens with one attached hydrogen (secondary N) is 2. The zero-order valence-electron chi connectivity index (χ0n) is 14.2. The standard InChI is InChI=1S/C18H22N4OS/c1-12(19-3)10-20-17(23)16-9-15-13(2)21-22(18(15)24-16)11-14-7-5-4-6-8-14/h4-9,12,19H,10-11H2,1-3H3,(H,20,23). The Balaban J connectivity index is 1.83. The minimum Gasteiger partial charge on any atom is -0.350 e. The van der Waals surface area contributed by atoms with Crippen LogP contribution in [0.5, 0.6) is 0 Å². The number of hydrogen-bond acceptors (Lipinski definition) is 4. The molecule has 0 fully saturated rings. The van der Waals surface area contributed by atoms with Crippen molar-refractivity contribution >= 4 is 27.5 Å². The third-order valence-electron chi connectivity index (χ3n) is 4.07. The van der Waals surface area contributed by atoms with E-state index < -0.39 is 0 Å². The number of likely N-dealkylation sites (N-methyl/N-ethyl adjacent to an activating group) is 1.